The van der Waals surface area contributed by atoms with Crippen molar-refractivity contribution in [2.24, 2.45) is 0 Å². The summed E-state index contributed by atoms with van der Waals surface area (Å²) in [6.07, 6.45) is -0.875. The number of phenols is 1. The number of amides is 1. The topological polar surface area (TPSA) is 210 Å². The van der Waals surface area contributed by atoms with E-state index in [1.54, 1.807) is 6.92 Å². The average molecular weight is 677 g/mol. The lowest BCUT2D eigenvalue weighted by atomic mass is 9.95. The first kappa shape index (κ1) is 35.8. The van der Waals surface area contributed by atoms with Gasteiger partial charge in [0.25, 0.3) is 5.91 Å². The van der Waals surface area contributed by atoms with E-state index in [4.69, 9.17) is 23.7 Å². The van der Waals surface area contributed by atoms with Gasteiger partial charge < -0.3 is 39.4 Å². The van der Waals surface area contributed by atoms with E-state index in [0.29, 0.717) is 0 Å². The highest BCUT2D eigenvalue weighted by Gasteiger charge is 2.34. The van der Waals surface area contributed by atoms with Gasteiger partial charge in [-0.05, 0) is 55.5 Å². The number of esters is 5. The van der Waals surface area contributed by atoms with E-state index in [2.05, 4.69) is 10.6 Å². The summed E-state index contributed by atoms with van der Waals surface area (Å²) in [5.74, 6) is -7.19. The predicted molar refractivity (Wildman–Crippen MR) is 168 cm³/mol. The van der Waals surface area contributed by atoms with Gasteiger partial charge in [0.2, 0.25) is 5.78 Å². The Morgan fingerprint density at radius 2 is 1.43 bits per heavy atom. The summed E-state index contributed by atoms with van der Waals surface area (Å²) < 4.78 is 26.0. The van der Waals surface area contributed by atoms with Crippen LogP contribution in [0.4, 0.5) is 0 Å². The van der Waals surface area contributed by atoms with E-state index in [1.807, 2.05) is 0 Å². The van der Waals surface area contributed by atoms with Gasteiger partial charge in [0.15, 0.2) is 0 Å². The molecule has 1 heterocycles. The van der Waals surface area contributed by atoms with Crippen LogP contribution >= 0.6 is 0 Å². The van der Waals surface area contributed by atoms with Crippen molar-refractivity contribution in [3.8, 4) is 23.0 Å². The number of aromatic hydroxyl groups is 1. The molecule has 49 heavy (non-hydrogen) atoms. The summed E-state index contributed by atoms with van der Waals surface area (Å²) in [5.41, 5.74) is -1.45. The van der Waals surface area contributed by atoms with Crippen molar-refractivity contribution in [1.29, 1.82) is 0 Å². The van der Waals surface area contributed by atoms with Crippen molar-refractivity contribution >= 4 is 41.5 Å². The number of ketones is 1. The minimum absolute atomic E-state index is 0.0448. The average Bonchev–Trinajstić information content (AvgIpc) is 3.45. The highest BCUT2D eigenvalue weighted by Crippen LogP contribution is 2.36. The van der Waals surface area contributed by atoms with Crippen LogP contribution in [0.3, 0.4) is 0 Å². The van der Waals surface area contributed by atoms with E-state index in [-0.39, 0.29) is 47.9 Å². The number of carbonyl (C=O) groups excluding carboxylic acids is 7. The number of benzene rings is 3. The first-order valence-corrected chi connectivity index (χ1v) is 14.9. The molecule has 1 saturated heterocycles. The summed E-state index contributed by atoms with van der Waals surface area (Å²) in [5, 5.41) is 16.8. The molecular weight excluding hydrogens is 644 g/mol. The van der Waals surface area contributed by atoms with Crippen LogP contribution < -0.4 is 24.8 Å². The number of nitrogens with one attached hydrogen (secondary N) is 2. The molecular formula is C34H32N2O13. The van der Waals surface area contributed by atoms with Crippen LogP contribution in [0.5, 0.6) is 23.0 Å². The number of carbonyl (C=O) groups is 7. The summed E-state index contributed by atoms with van der Waals surface area (Å²) in [7, 11) is 0. The van der Waals surface area contributed by atoms with E-state index in [1.165, 1.54) is 49.4 Å². The molecule has 0 bridgehead atoms. The first-order chi connectivity index (χ1) is 23.3. The molecule has 15 nitrogen and oxygen atoms in total. The molecule has 0 unspecified atom stereocenters. The third-order valence-electron chi connectivity index (χ3n) is 6.91. The van der Waals surface area contributed by atoms with Crippen molar-refractivity contribution in [3.05, 3.63) is 82.4 Å². The third kappa shape index (κ3) is 8.84. The summed E-state index contributed by atoms with van der Waals surface area (Å²) in [6, 6.07) is 10.9. The molecule has 256 valence electrons. The van der Waals surface area contributed by atoms with Crippen LogP contribution in [-0.2, 0) is 23.9 Å². The van der Waals surface area contributed by atoms with Crippen LogP contribution in [0.1, 0.15) is 74.7 Å². The molecule has 3 aromatic carbocycles. The lowest BCUT2D eigenvalue weighted by Gasteiger charge is -2.21. The molecule has 1 aliphatic heterocycles. The zero-order valence-electron chi connectivity index (χ0n) is 26.8. The monoisotopic (exact) mass is 676 g/mol. The van der Waals surface area contributed by atoms with Crippen LogP contribution in [0.15, 0.2) is 54.6 Å². The summed E-state index contributed by atoms with van der Waals surface area (Å²) in [4.78, 5) is 87.9. The lowest BCUT2D eigenvalue weighted by Crippen LogP contribution is -2.44. The molecule has 0 aromatic heterocycles. The summed E-state index contributed by atoms with van der Waals surface area (Å²) in [6.45, 7) is 5.25. The number of hydrogen-bond acceptors (Lipinski definition) is 14. The van der Waals surface area contributed by atoms with E-state index in [9.17, 15) is 38.7 Å². The second-order valence-corrected chi connectivity index (χ2v) is 10.6. The zero-order valence-corrected chi connectivity index (χ0v) is 26.8. The van der Waals surface area contributed by atoms with Gasteiger partial charge in [-0.25, -0.2) is 9.59 Å². The van der Waals surface area contributed by atoms with Gasteiger partial charge >= 0.3 is 29.8 Å². The molecule has 0 aliphatic carbocycles. The summed E-state index contributed by atoms with van der Waals surface area (Å²) >= 11 is 0. The van der Waals surface area contributed by atoms with Gasteiger partial charge in [-0.3, -0.25) is 24.0 Å². The van der Waals surface area contributed by atoms with Crippen LogP contribution in [-0.4, -0.2) is 78.5 Å². The maximum atomic E-state index is 14.0. The fourth-order valence-corrected chi connectivity index (χ4v) is 4.91. The van der Waals surface area contributed by atoms with E-state index >= 15 is 0 Å². The quantitative estimate of drug-likeness (QED) is 0.151. The Morgan fingerprint density at radius 3 is 2.06 bits per heavy atom. The van der Waals surface area contributed by atoms with Crippen LogP contribution in [0, 0.1) is 0 Å². The Morgan fingerprint density at radius 1 is 0.776 bits per heavy atom. The molecule has 1 fully saturated rings. The predicted octanol–water partition coefficient (Wildman–Crippen LogP) is 2.50. The Bertz CT molecular complexity index is 1820. The Labute approximate surface area is 279 Å². The zero-order chi connectivity index (χ0) is 35.8. The van der Waals surface area contributed by atoms with Gasteiger partial charge in [0, 0.05) is 39.4 Å². The molecule has 1 aliphatic rings. The van der Waals surface area contributed by atoms with E-state index < -0.39 is 76.3 Å². The second-order valence-electron chi connectivity index (χ2n) is 10.6. The molecule has 3 N–H and O–H groups in total. The number of rotatable bonds is 11. The number of phenolic OH excluding ortho intramolecular Hbond substituents is 1. The second kappa shape index (κ2) is 15.7. The van der Waals surface area contributed by atoms with Gasteiger partial charge in [-0.15, -0.1) is 0 Å². The minimum atomic E-state index is -1.09. The maximum absolute atomic E-state index is 14.0. The minimum Gasteiger partial charge on any atom is -0.507 e. The van der Waals surface area contributed by atoms with Gasteiger partial charge in [0.05, 0.1) is 29.3 Å². The van der Waals surface area contributed by atoms with Gasteiger partial charge in [0.1, 0.15) is 34.7 Å². The number of ether oxygens (including phenoxy) is 5. The van der Waals surface area contributed by atoms with E-state index in [0.717, 1.165) is 26.0 Å². The lowest BCUT2D eigenvalue weighted by molar-refractivity contribution is -0.132. The molecule has 0 saturated carbocycles. The first-order valence-electron chi connectivity index (χ1n) is 14.9. The molecule has 3 aromatic rings. The maximum Gasteiger partial charge on any atom is 0.339 e. The Balaban J connectivity index is 1.61. The van der Waals surface area contributed by atoms with Crippen LogP contribution in [0.25, 0.3) is 0 Å². The number of hydrogen-bond donors (Lipinski definition) is 3. The highest BCUT2D eigenvalue weighted by molar-refractivity contribution is 6.19. The van der Waals surface area contributed by atoms with Gasteiger partial charge in [-0.2, -0.15) is 0 Å². The molecule has 0 spiro atoms. The molecule has 0 radical (unpaired) electrons. The largest absolute Gasteiger partial charge is 0.507 e. The Kier molecular flexibility index (Phi) is 11.4. The molecule has 1 amide bonds. The SMILES string of the molecule is CCOC(=O)c1cccc(OC(C)=O)c1C(=O)c1c(O)cc(C(=O)O[C@@H]2CNC[C@H]2NC(=O)c2ccc(OC(C)=O)cc2)cc1OC(C)=O. The van der Waals surface area contributed by atoms with Crippen molar-refractivity contribution < 1.29 is 62.4 Å². The third-order valence-corrected chi connectivity index (χ3v) is 6.91. The van der Waals surface area contributed by atoms with Crippen molar-refractivity contribution in [3.63, 3.8) is 0 Å². The fourth-order valence-electron chi connectivity index (χ4n) is 4.91. The normalized spacial score (nSPS) is 15.0. The van der Waals surface area contributed by atoms with Gasteiger partial charge in [-0.1, -0.05) is 6.07 Å². The standard InChI is InChI=1S/C34H32N2O13/c1-5-45-34(44)23-7-6-8-26(47-18(3)38)29(23)31(41)30-25(40)13-21(14-27(30)48-19(4)39)33(43)49-28-16-35-15-24(28)36-32(42)20-9-11-22(12-10-20)46-17(2)37/h6-14,24,28,35,40H,5,15-16H2,1-4H3,(H,36,42)/t24-,28-/m1/s1. The fraction of sp³-hybridized carbons (Fsp3) is 0.265. The van der Waals surface area contributed by atoms with Crippen LogP contribution in [0.2, 0.25) is 0 Å². The smallest absolute Gasteiger partial charge is 0.339 e. The van der Waals surface area contributed by atoms with Crippen molar-refractivity contribution in [2.45, 2.75) is 39.8 Å². The Hall–Kier alpha value is -6.09. The van der Waals surface area contributed by atoms with Crippen molar-refractivity contribution in [1.82, 2.24) is 10.6 Å². The highest BCUT2D eigenvalue weighted by atomic mass is 16.6. The molecule has 4 rings (SSSR count). The molecule has 2 atom stereocenters. The van der Waals surface area contributed by atoms with Crippen molar-refractivity contribution in [2.75, 3.05) is 19.7 Å². The molecule has 15 heteroatoms.